The lowest BCUT2D eigenvalue weighted by Crippen LogP contribution is -2.42. The number of amides is 2. The monoisotopic (exact) mass is 217 g/mol. The highest BCUT2D eigenvalue weighted by Crippen LogP contribution is 2.05. The lowest BCUT2D eigenvalue weighted by Gasteiger charge is -2.21. The Bertz CT molecular complexity index is 193. The van der Waals surface area contributed by atoms with Gasteiger partial charge < -0.3 is 20.6 Å². The molecule has 1 unspecified atom stereocenters. The number of carbonyl (C=O) groups excluding carboxylic acids is 1. The summed E-state index contributed by atoms with van der Waals surface area (Å²) in [7, 11) is 3.40. The van der Waals surface area contributed by atoms with Crippen LogP contribution in [0.5, 0.6) is 0 Å². The molecule has 2 amide bonds. The summed E-state index contributed by atoms with van der Waals surface area (Å²) in [5.74, 6) is 0. The molecule has 15 heavy (non-hydrogen) atoms. The van der Waals surface area contributed by atoms with Crippen LogP contribution in [0.1, 0.15) is 20.3 Å². The molecule has 0 radical (unpaired) electrons. The van der Waals surface area contributed by atoms with E-state index in [9.17, 15) is 9.90 Å². The maximum Gasteiger partial charge on any atom is 0.316 e. The van der Waals surface area contributed by atoms with E-state index in [-0.39, 0.29) is 6.03 Å². The Hall–Kier alpha value is -0.810. The highest BCUT2D eigenvalue weighted by molar-refractivity contribution is 5.73. The van der Waals surface area contributed by atoms with E-state index in [1.165, 1.54) is 4.90 Å². The van der Waals surface area contributed by atoms with Crippen LogP contribution in [0.4, 0.5) is 4.79 Å². The molecule has 0 saturated carbocycles. The number of urea groups is 1. The first-order chi connectivity index (χ1) is 6.89. The Balaban J connectivity index is 3.44. The van der Waals surface area contributed by atoms with Gasteiger partial charge in [-0.25, -0.2) is 4.79 Å². The molecule has 0 rings (SSSR count). The summed E-state index contributed by atoms with van der Waals surface area (Å²) in [5.41, 5.74) is -0.661. The molecule has 0 bridgehead atoms. The standard InChI is InChI=1S/C10H23N3O2/c1-5-10(2,15)8-11-6-7-12-9(14)13(3)4/h11,15H,5-8H2,1-4H3,(H,12,14). The van der Waals surface area contributed by atoms with E-state index in [2.05, 4.69) is 10.6 Å². The maximum absolute atomic E-state index is 11.1. The van der Waals surface area contributed by atoms with E-state index in [0.717, 1.165) is 0 Å². The third-order valence-electron chi connectivity index (χ3n) is 2.25. The molecule has 3 N–H and O–H groups in total. The van der Waals surface area contributed by atoms with Gasteiger partial charge in [0.2, 0.25) is 0 Å². The number of hydrogen-bond donors (Lipinski definition) is 3. The lowest BCUT2D eigenvalue weighted by atomic mass is 10.0. The molecule has 0 aromatic heterocycles. The molecular formula is C10H23N3O2. The molecule has 1 atom stereocenters. The summed E-state index contributed by atoms with van der Waals surface area (Å²) in [6.07, 6.45) is 0.712. The largest absolute Gasteiger partial charge is 0.389 e. The lowest BCUT2D eigenvalue weighted by molar-refractivity contribution is 0.0562. The van der Waals surface area contributed by atoms with Crippen LogP contribution in [-0.2, 0) is 0 Å². The molecule has 0 aromatic carbocycles. The molecule has 0 aromatic rings. The zero-order chi connectivity index (χ0) is 11.9. The first kappa shape index (κ1) is 14.2. The van der Waals surface area contributed by atoms with Crippen molar-refractivity contribution in [2.45, 2.75) is 25.9 Å². The third-order valence-corrected chi connectivity index (χ3v) is 2.25. The van der Waals surface area contributed by atoms with Crippen molar-refractivity contribution in [2.24, 2.45) is 0 Å². The van der Waals surface area contributed by atoms with Crippen molar-refractivity contribution in [3.63, 3.8) is 0 Å². The summed E-state index contributed by atoms with van der Waals surface area (Å²) in [5, 5.41) is 15.5. The minimum Gasteiger partial charge on any atom is -0.389 e. The average molecular weight is 217 g/mol. The van der Waals surface area contributed by atoms with Crippen molar-refractivity contribution < 1.29 is 9.90 Å². The zero-order valence-electron chi connectivity index (χ0n) is 10.1. The number of aliphatic hydroxyl groups is 1. The third kappa shape index (κ3) is 7.16. The fourth-order valence-electron chi connectivity index (χ4n) is 0.899. The van der Waals surface area contributed by atoms with Crippen molar-refractivity contribution in [2.75, 3.05) is 33.7 Å². The van der Waals surface area contributed by atoms with Crippen LogP contribution in [0.15, 0.2) is 0 Å². The second-order valence-corrected chi connectivity index (χ2v) is 4.15. The second kappa shape index (κ2) is 6.63. The van der Waals surface area contributed by atoms with Gasteiger partial charge in [-0.2, -0.15) is 0 Å². The Morgan fingerprint density at radius 2 is 2.00 bits per heavy atom. The molecule has 0 aliphatic carbocycles. The van der Waals surface area contributed by atoms with Crippen LogP contribution in [0.2, 0.25) is 0 Å². The van der Waals surface area contributed by atoms with Gasteiger partial charge in [0.25, 0.3) is 0 Å². The van der Waals surface area contributed by atoms with Gasteiger partial charge in [-0.15, -0.1) is 0 Å². The Kier molecular flexibility index (Phi) is 6.27. The van der Waals surface area contributed by atoms with E-state index >= 15 is 0 Å². The molecule has 0 saturated heterocycles. The van der Waals surface area contributed by atoms with E-state index < -0.39 is 5.60 Å². The van der Waals surface area contributed by atoms with Crippen LogP contribution in [0.25, 0.3) is 0 Å². The number of rotatable bonds is 6. The van der Waals surface area contributed by atoms with Gasteiger partial charge in [-0.1, -0.05) is 6.92 Å². The fraction of sp³-hybridized carbons (Fsp3) is 0.900. The van der Waals surface area contributed by atoms with E-state index in [1.54, 1.807) is 21.0 Å². The van der Waals surface area contributed by atoms with Crippen molar-refractivity contribution in [1.29, 1.82) is 0 Å². The zero-order valence-corrected chi connectivity index (χ0v) is 10.1. The Morgan fingerprint density at radius 1 is 1.40 bits per heavy atom. The van der Waals surface area contributed by atoms with Crippen LogP contribution in [0, 0.1) is 0 Å². The number of hydrogen-bond acceptors (Lipinski definition) is 3. The average Bonchev–Trinajstić information content (AvgIpc) is 2.16. The minimum atomic E-state index is -0.661. The second-order valence-electron chi connectivity index (χ2n) is 4.15. The van der Waals surface area contributed by atoms with Gasteiger partial charge >= 0.3 is 6.03 Å². The summed E-state index contributed by atoms with van der Waals surface area (Å²) in [4.78, 5) is 12.6. The molecule has 0 fully saturated rings. The van der Waals surface area contributed by atoms with Crippen molar-refractivity contribution >= 4 is 6.03 Å². The SMILES string of the molecule is CCC(C)(O)CNCCNC(=O)N(C)C. The number of carbonyl (C=O) groups is 1. The Labute approximate surface area is 91.8 Å². The summed E-state index contributed by atoms with van der Waals surface area (Å²) in [6.45, 7) is 5.50. The molecule has 0 aliphatic heterocycles. The molecule has 5 nitrogen and oxygen atoms in total. The molecule has 5 heteroatoms. The fourth-order valence-corrected chi connectivity index (χ4v) is 0.899. The summed E-state index contributed by atoms with van der Waals surface area (Å²) in [6, 6.07) is -0.0981. The predicted molar refractivity (Wildman–Crippen MR) is 60.9 cm³/mol. The molecule has 0 heterocycles. The first-order valence-corrected chi connectivity index (χ1v) is 5.27. The smallest absolute Gasteiger partial charge is 0.316 e. The molecule has 90 valence electrons. The maximum atomic E-state index is 11.1. The van der Waals surface area contributed by atoms with Crippen molar-refractivity contribution in [3.05, 3.63) is 0 Å². The van der Waals surface area contributed by atoms with Crippen molar-refractivity contribution in [3.8, 4) is 0 Å². The highest BCUT2D eigenvalue weighted by atomic mass is 16.3. The molecule has 0 spiro atoms. The van der Waals surface area contributed by atoms with E-state index in [0.29, 0.717) is 26.1 Å². The summed E-state index contributed by atoms with van der Waals surface area (Å²) < 4.78 is 0. The number of nitrogens with one attached hydrogen (secondary N) is 2. The van der Waals surface area contributed by atoms with Gasteiger partial charge in [-0.05, 0) is 13.3 Å². The van der Waals surface area contributed by atoms with Crippen LogP contribution >= 0.6 is 0 Å². The highest BCUT2D eigenvalue weighted by Gasteiger charge is 2.15. The van der Waals surface area contributed by atoms with Gasteiger partial charge in [0.05, 0.1) is 5.60 Å². The Morgan fingerprint density at radius 3 is 2.47 bits per heavy atom. The predicted octanol–water partition coefficient (Wildman–Crippen LogP) is 0.00820. The van der Waals surface area contributed by atoms with E-state index in [1.807, 2.05) is 6.92 Å². The van der Waals surface area contributed by atoms with Crippen LogP contribution < -0.4 is 10.6 Å². The van der Waals surface area contributed by atoms with Crippen molar-refractivity contribution in [1.82, 2.24) is 15.5 Å². The van der Waals surface area contributed by atoms with Gasteiger partial charge in [0.15, 0.2) is 0 Å². The van der Waals surface area contributed by atoms with E-state index in [4.69, 9.17) is 0 Å². The van der Waals surface area contributed by atoms with Crippen LogP contribution in [0.3, 0.4) is 0 Å². The molecule has 0 aliphatic rings. The summed E-state index contributed by atoms with van der Waals surface area (Å²) >= 11 is 0. The first-order valence-electron chi connectivity index (χ1n) is 5.27. The normalized spacial score (nSPS) is 14.5. The molecular weight excluding hydrogens is 194 g/mol. The number of nitrogens with zero attached hydrogens (tertiary/aromatic N) is 1. The van der Waals surface area contributed by atoms with Gasteiger partial charge in [-0.3, -0.25) is 0 Å². The minimum absolute atomic E-state index is 0.0981. The topological polar surface area (TPSA) is 64.6 Å². The van der Waals surface area contributed by atoms with Gasteiger partial charge in [0.1, 0.15) is 0 Å². The quantitative estimate of drug-likeness (QED) is 0.549. The van der Waals surface area contributed by atoms with Crippen LogP contribution in [-0.4, -0.2) is 55.4 Å². The van der Waals surface area contributed by atoms with Gasteiger partial charge in [0, 0.05) is 33.7 Å².